The highest BCUT2D eigenvalue weighted by atomic mass is 19.1. The third-order valence-electron chi connectivity index (χ3n) is 8.95. The van der Waals surface area contributed by atoms with E-state index in [1.54, 1.807) is 13.0 Å². The number of alkyl halides is 1. The van der Waals surface area contributed by atoms with Crippen molar-refractivity contribution in [3.8, 4) is 0 Å². The van der Waals surface area contributed by atoms with E-state index in [0.717, 1.165) is 5.57 Å². The van der Waals surface area contributed by atoms with Crippen LogP contribution in [0.2, 0.25) is 0 Å². The van der Waals surface area contributed by atoms with Gasteiger partial charge in [0, 0.05) is 16.7 Å². The number of hydrogen-bond acceptors (Lipinski definition) is 4. The summed E-state index contributed by atoms with van der Waals surface area (Å²) in [5.74, 6) is -0.907. The molecule has 4 aliphatic carbocycles. The molecule has 0 unspecified atom stereocenters. The van der Waals surface area contributed by atoms with Gasteiger partial charge in [-0.2, -0.15) is 0 Å². The molecule has 3 N–H and O–H groups in total. The zero-order valence-corrected chi connectivity index (χ0v) is 16.9. The van der Waals surface area contributed by atoms with E-state index in [9.17, 15) is 20.1 Å². The molecular weight excluding hydrogens is 359 g/mol. The Morgan fingerprint density at radius 1 is 1.36 bits per heavy atom. The molecule has 0 aromatic heterocycles. The van der Waals surface area contributed by atoms with Crippen molar-refractivity contribution in [3.63, 3.8) is 0 Å². The molecule has 0 spiro atoms. The average Bonchev–Trinajstić information content (AvgIpc) is 2.84. The van der Waals surface area contributed by atoms with Gasteiger partial charge in [-0.3, -0.25) is 4.79 Å². The number of hydrogen-bond donors (Lipinski definition) is 3. The molecule has 0 heterocycles. The minimum absolute atomic E-state index is 0.0924. The van der Waals surface area contributed by atoms with Gasteiger partial charge in [0.15, 0.2) is 11.5 Å². The van der Waals surface area contributed by atoms with Crippen LogP contribution in [0.1, 0.15) is 46.5 Å². The first-order chi connectivity index (χ1) is 13.0. The lowest BCUT2D eigenvalue weighted by Crippen LogP contribution is -2.68. The van der Waals surface area contributed by atoms with Crippen molar-refractivity contribution in [2.24, 2.45) is 28.6 Å². The molecule has 4 rings (SSSR count). The summed E-state index contributed by atoms with van der Waals surface area (Å²) in [6, 6.07) is 0. The van der Waals surface area contributed by atoms with Gasteiger partial charge in [0.2, 0.25) is 0 Å². The van der Waals surface area contributed by atoms with Crippen LogP contribution in [0.3, 0.4) is 0 Å². The highest BCUT2D eigenvalue weighted by Crippen LogP contribution is 2.71. The number of allylic oxidation sites excluding steroid dienone is 4. The van der Waals surface area contributed by atoms with Crippen LogP contribution in [0.5, 0.6) is 0 Å². The van der Waals surface area contributed by atoms with Crippen molar-refractivity contribution in [3.05, 3.63) is 36.0 Å². The van der Waals surface area contributed by atoms with Crippen molar-refractivity contribution >= 4 is 5.78 Å². The van der Waals surface area contributed by atoms with E-state index in [4.69, 9.17) is 0 Å². The summed E-state index contributed by atoms with van der Waals surface area (Å²) in [5, 5.41) is 32.5. The van der Waals surface area contributed by atoms with Crippen molar-refractivity contribution in [2.45, 2.75) is 63.8 Å². The molecule has 0 aromatic carbocycles. The zero-order chi connectivity index (χ0) is 20.7. The molecule has 4 aliphatic rings. The normalized spacial score (nSPS) is 52.5. The number of ketones is 1. The number of aliphatic hydroxyl groups excluding tert-OH is 2. The molecule has 0 saturated heterocycles. The van der Waals surface area contributed by atoms with Crippen LogP contribution >= 0.6 is 0 Å². The fourth-order valence-corrected chi connectivity index (χ4v) is 7.42. The molecule has 28 heavy (non-hydrogen) atoms. The summed E-state index contributed by atoms with van der Waals surface area (Å²) in [6.45, 7) is 9.21. The maximum absolute atomic E-state index is 16.9. The predicted molar refractivity (Wildman–Crippen MR) is 104 cm³/mol. The Hall–Kier alpha value is -1.30. The summed E-state index contributed by atoms with van der Waals surface area (Å²) >= 11 is 0. The Kier molecular flexibility index (Phi) is 4.19. The Morgan fingerprint density at radius 2 is 2.04 bits per heavy atom. The lowest BCUT2D eigenvalue weighted by molar-refractivity contribution is -0.214. The SMILES string of the molecule is C=C(CO)[C@@]1(O)[C@H](C)C[C@H]2[C@@H]3CCC4=CC(=O)C=C[C@]4(C)[C@@]3(F)[C@@H](O)C[C@@]21C. The van der Waals surface area contributed by atoms with Gasteiger partial charge in [0.05, 0.1) is 18.3 Å². The highest BCUT2D eigenvalue weighted by Gasteiger charge is 2.74. The van der Waals surface area contributed by atoms with Crippen LogP contribution in [0.4, 0.5) is 4.39 Å². The molecule has 0 bridgehead atoms. The minimum atomic E-state index is -1.90. The van der Waals surface area contributed by atoms with Gasteiger partial charge in [-0.15, -0.1) is 0 Å². The monoisotopic (exact) mass is 390 g/mol. The maximum atomic E-state index is 16.9. The third-order valence-corrected chi connectivity index (χ3v) is 8.95. The van der Waals surface area contributed by atoms with Crippen LogP contribution < -0.4 is 0 Å². The van der Waals surface area contributed by atoms with Crippen molar-refractivity contribution in [1.82, 2.24) is 0 Å². The fourth-order valence-electron chi connectivity index (χ4n) is 7.42. The van der Waals surface area contributed by atoms with Crippen LogP contribution in [0, 0.1) is 28.6 Å². The molecule has 0 amide bonds. The van der Waals surface area contributed by atoms with Crippen molar-refractivity contribution < 1.29 is 24.5 Å². The first-order valence-corrected chi connectivity index (χ1v) is 10.3. The Bertz CT molecular complexity index is 802. The number of fused-ring (bicyclic) bond motifs is 5. The van der Waals surface area contributed by atoms with Gasteiger partial charge in [0.25, 0.3) is 0 Å². The smallest absolute Gasteiger partial charge is 0.178 e. The van der Waals surface area contributed by atoms with Gasteiger partial charge in [-0.25, -0.2) is 4.39 Å². The standard InChI is InChI=1S/C23H31FO4/c1-13-9-18-17-6-5-15-10-16(26)7-8-20(15,3)22(17,24)19(27)11-21(18,4)23(13,28)14(2)12-25/h7-8,10,13,17-19,25,27-28H,2,5-6,9,11-12H2,1,3-4H3/t13-,17+,18+,19+,20+,21+,22+,23+/m1/s1. The molecule has 0 aromatic rings. The van der Waals surface area contributed by atoms with Gasteiger partial charge >= 0.3 is 0 Å². The Balaban J connectivity index is 1.84. The lowest BCUT2D eigenvalue weighted by Gasteiger charge is -2.63. The molecule has 4 nitrogen and oxygen atoms in total. The van der Waals surface area contributed by atoms with Crippen molar-refractivity contribution in [1.29, 1.82) is 0 Å². The van der Waals surface area contributed by atoms with E-state index in [0.29, 0.717) is 24.8 Å². The highest BCUT2D eigenvalue weighted by molar-refractivity contribution is 6.01. The van der Waals surface area contributed by atoms with E-state index in [1.165, 1.54) is 12.2 Å². The van der Waals surface area contributed by atoms with E-state index in [1.807, 2.05) is 13.8 Å². The third kappa shape index (κ3) is 2.03. The molecule has 0 aliphatic heterocycles. The topological polar surface area (TPSA) is 77.8 Å². The second-order valence-electron chi connectivity index (χ2n) is 9.93. The van der Waals surface area contributed by atoms with Gasteiger partial charge in [-0.1, -0.05) is 32.1 Å². The second-order valence-corrected chi connectivity index (χ2v) is 9.93. The van der Waals surface area contributed by atoms with Crippen molar-refractivity contribution in [2.75, 3.05) is 6.61 Å². The summed E-state index contributed by atoms with van der Waals surface area (Å²) in [7, 11) is 0. The van der Waals surface area contributed by atoms with Crippen LogP contribution in [-0.2, 0) is 4.79 Å². The van der Waals surface area contributed by atoms with Crippen LogP contribution in [0.25, 0.3) is 0 Å². The first kappa shape index (κ1) is 20.0. The summed E-state index contributed by atoms with van der Waals surface area (Å²) < 4.78 is 16.9. The average molecular weight is 390 g/mol. The zero-order valence-electron chi connectivity index (χ0n) is 16.9. The number of rotatable bonds is 2. The van der Waals surface area contributed by atoms with Gasteiger partial charge in [0.1, 0.15) is 0 Å². The largest absolute Gasteiger partial charge is 0.392 e. The number of halogens is 1. The maximum Gasteiger partial charge on any atom is 0.178 e. The van der Waals surface area contributed by atoms with E-state index in [-0.39, 0.29) is 30.6 Å². The number of carbonyl (C=O) groups is 1. The molecule has 5 heteroatoms. The fraction of sp³-hybridized carbons (Fsp3) is 0.696. The molecule has 3 saturated carbocycles. The Labute approximate surface area is 165 Å². The van der Waals surface area contributed by atoms with E-state index < -0.39 is 34.1 Å². The number of carbonyl (C=O) groups excluding carboxylic acids is 1. The predicted octanol–water partition coefficient (Wildman–Crippen LogP) is 2.88. The Morgan fingerprint density at radius 3 is 2.68 bits per heavy atom. The number of aliphatic hydroxyl groups is 3. The molecule has 8 atom stereocenters. The molecule has 154 valence electrons. The summed E-state index contributed by atoms with van der Waals surface area (Å²) in [5.41, 5.74) is -3.94. The van der Waals surface area contributed by atoms with E-state index in [2.05, 4.69) is 6.58 Å². The molecule has 0 radical (unpaired) electrons. The van der Waals surface area contributed by atoms with Gasteiger partial charge in [-0.05, 0) is 62.2 Å². The molecular formula is C23H31FO4. The molecule has 3 fully saturated rings. The lowest BCUT2D eigenvalue weighted by atomic mass is 9.44. The minimum Gasteiger partial charge on any atom is -0.392 e. The van der Waals surface area contributed by atoms with Gasteiger partial charge < -0.3 is 15.3 Å². The van der Waals surface area contributed by atoms with E-state index >= 15 is 4.39 Å². The summed E-state index contributed by atoms with van der Waals surface area (Å²) in [4.78, 5) is 11.9. The second kappa shape index (κ2) is 5.87. The van der Waals surface area contributed by atoms with Crippen LogP contribution in [0.15, 0.2) is 36.0 Å². The summed E-state index contributed by atoms with van der Waals surface area (Å²) in [6.07, 6.45) is 5.14. The first-order valence-electron chi connectivity index (χ1n) is 10.3. The quantitative estimate of drug-likeness (QED) is 0.634. The van der Waals surface area contributed by atoms with Crippen LogP contribution in [-0.4, -0.2) is 45.1 Å².